The highest BCUT2D eigenvalue weighted by Crippen LogP contribution is 2.25. The lowest BCUT2D eigenvalue weighted by Crippen LogP contribution is -2.49. The van der Waals surface area contributed by atoms with Crippen molar-refractivity contribution in [3.8, 4) is 0 Å². The highest BCUT2D eigenvalue weighted by atomic mass is 127. The van der Waals surface area contributed by atoms with Crippen LogP contribution in [0.15, 0.2) is 4.99 Å². The van der Waals surface area contributed by atoms with Gasteiger partial charge in [-0.1, -0.05) is 20.8 Å². The lowest BCUT2D eigenvalue weighted by atomic mass is 10.1. The van der Waals surface area contributed by atoms with Crippen LogP contribution in [0.1, 0.15) is 34.1 Å². The van der Waals surface area contributed by atoms with Gasteiger partial charge in [0.2, 0.25) is 0 Å². The number of hydrogen-bond donors (Lipinski definition) is 1. The van der Waals surface area contributed by atoms with Crippen molar-refractivity contribution >= 4 is 41.7 Å². The van der Waals surface area contributed by atoms with Gasteiger partial charge in [-0.2, -0.15) is 11.8 Å². The zero-order chi connectivity index (χ0) is 15.9. The van der Waals surface area contributed by atoms with E-state index >= 15 is 0 Å². The van der Waals surface area contributed by atoms with Crippen molar-refractivity contribution in [2.24, 2.45) is 16.8 Å². The maximum atomic E-state index is 4.98. The summed E-state index contributed by atoms with van der Waals surface area (Å²) in [5, 5.41) is 4.25. The van der Waals surface area contributed by atoms with E-state index < -0.39 is 0 Å². The van der Waals surface area contributed by atoms with Crippen molar-refractivity contribution in [2.45, 2.75) is 39.4 Å². The maximum absolute atomic E-state index is 4.98. The molecule has 0 aromatic heterocycles. The minimum Gasteiger partial charge on any atom is -0.357 e. The van der Waals surface area contributed by atoms with Crippen LogP contribution in [0.25, 0.3) is 0 Å². The highest BCUT2D eigenvalue weighted by Gasteiger charge is 2.26. The summed E-state index contributed by atoms with van der Waals surface area (Å²) in [4.78, 5) is 10.0. The smallest absolute Gasteiger partial charge is 0.193 e. The first-order chi connectivity index (χ1) is 10.6. The molecule has 136 valence electrons. The van der Waals surface area contributed by atoms with Crippen molar-refractivity contribution in [3.05, 3.63) is 0 Å². The number of halogens is 1. The number of guanidine groups is 1. The summed E-state index contributed by atoms with van der Waals surface area (Å²) in [6, 6.07) is 0. The van der Waals surface area contributed by atoms with Crippen LogP contribution in [0.2, 0.25) is 0 Å². The molecular formula is C17H35IN4S. The Bertz CT molecular complexity index is 365. The number of rotatable bonds is 5. The molecule has 0 aromatic carbocycles. The molecule has 2 heterocycles. The Labute approximate surface area is 164 Å². The van der Waals surface area contributed by atoms with Crippen molar-refractivity contribution in [3.63, 3.8) is 0 Å². The Morgan fingerprint density at radius 3 is 2.65 bits per heavy atom. The maximum Gasteiger partial charge on any atom is 0.193 e. The molecule has 1 N–H and O–H groups in total. The number of thioether (sulfide) groups is 1. The van der Waals surface area contributed by atoms with E-state index in [1.165, 1.54) is 31.8 Å². The van der Waals surface area contributed by atoms with Crippen LogP contribution < -0.4 is 5.32 Å². The number of hydrogen-bond acceptors (Lipinski definition) is 3. The first-order valence-electron chi connectivity index (χ1n) is 9.01. The van der Waals surface area contributed by atoms with Gasteiger partial charge in [0, 0.05) is 43.7 Å². The Balaban J connectivity index is 0.00000264. The molecule has 2 unspecified atom stereocenters. The minimum absolute atomic E-state index is 0. The molecule has 0 radical (unpaired) electrons. The number of nitrogens with one attached hydrogen (secondary N) is 1. The van der Waals surface area contributed by atoms with Crippen molar-refractivity contribution in [1.29, 1.82) is 0 Å². The topological polar surface area (TPSA) is 30.9 Å². The third-order valence-corrected chi connectivity index (χ3v) is 6.33. The van der Waals surface area contributed by atoms with Gasteiger partial charge >= 0.3 is 0 Å². The van der Waals surface area contributed by atoms with Crippen molar-refractivity contribution < 1.29 is 0 Å². The summed E-state index contributed by atoms with van der Waals surface area (Å²) in [6.45, 7) is 17.0. The Kier molecular flexibility index (Phi) is 10.2. The molecule has 2 fully saturated rings. The van der Waals surface area contributed by atoms with Crippen molar-refractivity contribution in [2.75, 3.05) is 51.6 Å². The molecule has 0 aromatic rings. The average molecular weight is 454 g/mol. The van der Waals surface area contributed by atoms with E-state index in [0.717, 1.165) is 49.2 Å². The molecular weight excluding hydrogens is 419 g/mol. The largest absolute Gasteiger partial charge is 0.357 e. The second-order valence-corrected chi connectivity index (χ2v) is 8.19. The van der Waals surface area contributed by atoms with Crippen LogP contribution >= 0.6 is 35.7 Å². The quantitative estimate of drug-likeness (QED) is 0.393. The average Bonchev–Trinajstić information content (AvgIpc) is 2.99. The summed E-state index contributed by atoms with van der Waals surface area (Å²) in [6.07, 6.45) is 1.31. The molecule has 0 saturated carbocycles. The molecule has 0 spiro atoms. The molecule has 6 heteroatoms. The summed E-state index contributed by atoms with van der Waals surface area (Å²) in [7, 11) is 0. The van der Waals surface area contributed by atoms with Crippen LogP contribution in [0.5, 0.6) is 0 Å². The van der Waals surface area contributed by atoms with E-state index in [1.807, 2.05) is 0 Å². The first kappa shape index (κ1) is 21.4. The van der Waals surface area contributed by atoms with Crippen molar-refractivity contribution in [1.82, 2.24) is 15.1 Å². The van der Waals surface area contributed by atoms with E-state index in [1.54, 1.807) is 0 Å². The summed E-state index contributed by atoms with van der Waals surface area (Å²) in [5.74, 6) is 3.85. The zero-order valence-electron chi connectivity index (χ0n) is 15.3. The third-order valence-electron chi connectivity index (χ3n) is 4.79. The van der Waals surface area contributed by atoms with Crippen LogP contribution in [0, 0.1) is 11.8 Å². The van der Waals surface area contributed by atoms with E-state index in [2.05, 4.69) is 54.6 Å². The van der Waals surface area contributed by atoms with Crippen LogP contribution in [0.3, 0.4) is 0 Å². The second-order valence-electron chi connectivity index (χ2n) is 6.84. The molecule has 2 rings (SSSR count). The SMILES string of the molecule is CCNC(=NCC1CCN(CC)C1)N1CCSC(C(C)C)C1.I. The minimum atomic E-state index is 0. The van der Waals surface area contributed by atoms with Gasteiger partial charge in [-0.25, -0.2) is 0 Å². The highest BCUT2D eigenvalue weighted by molar-refractivity contribution is 14.0. The van der Waals surface area contributed by atoms with Gasteiger partial charge in [-0.05, 0) is 38.3 Å². The zero-order valence-corrected chi connectivity index (χ0v) is 18.4. The molecule has 2 aliphatic heterocycles. The first-order valence-corrected chi connectivity index (χ1v) is 10.1. The fourth-order valence-corrected chi connectivity index (χ4v) is 4.56. The van der Waals surface area contributed by atoms with Gasteiger partial charge in [-0.15, -0.1) is 24.0 Å². The van der Waals surface area contributed by atoms with Gasteiger partial charge in [0.1, 0.15) is 0 Å². The monoisotopic (exact) mass is 454 g/mol. The molecule has 23 heavy (non-hydrogen) atoms. The molecule has 2 saturated heterocycles. The Hall–Kier alpha value is 0.310. The summed E-state index contributed by atoms with van der Waals surface area (Å²) < 4.78 is 0. The standard InChI is InChI=1S/C17H34N4S.HI/c1-5-18-17(19-11-15-7-8-20(6-2)12-15)21-9-10-22-16(13-21)14(3)4;/h14-16H,5-13H2,1-4H3,(H,18,19);1H. The van der Waals surface area contributed by atoms with Crippen LogP contribution in [-0.4, -0.2) is 72.6 Å². The van der Waals surface area contributed by atoms with E-state index in [4.69, 9.17) is 4.99 Å². The molecule has 0 aliphatic carbocycles. The van der Waals surface area contributed by atoms with Gasteiger partial charge in [0.25, 0.3) is 0 Å². The summed E-state index contributed by atoms with van der Waals surface area (Å²) >= 11 is 2.13. The normalized spacial score (nSPS) is 26.5. The molecule has 2 aliphatic rings. The van der Waals surface area contributed by atoms with Gasteiger partial charge < -0.3 is 15.1 Å². The Morgan fingerprint density at radius 2 is 2.04 bits per heavy atom. The van der Waals surface area contributed by atoms with Gasteiger partial charge in [0.15, 0.2) is 5.96 Å². The second kappa shape index (κ2) is 11.0. The predicted molar refractivity (Wildman–Crippen MR) is 114 cm³/mol. The van der Waals surface area contributed by atoms with E-state index in [-0.39, 0.29) is 24.0 Å². The fourth-order valence-electron chi connectivity index (χ4n) is 3.26. The Morgan fingerprint density at radius 1 is 1.26 bits per heavy atom. The molecule has 2 atom stereocenters. The predicted octanol–water partition coefficient (Wildman–Crippen LogP) is 2.99. The summed E-state index contributed by atoms with van der Waals surface area (Å²) in [5.41, 5.74) is 0. The lowest BCUT2D eigenvalue weighted by Gasteiger charge is -2.36. The van der Waals surface area contributed by atoms with E-state index in [9.17, 15) is 0 Å². The van der Waals surface area contributed by atoms with Crippen LogP contribution in [-0.2, 0) is 0 Å². The fraction of sp³-hybridized carbons (Fsp3) is 0.941. The number of aliphatic imine (C=N–C) groups is 1. The molecule has 0 bridgehead atoms. The van der Waals surface area contributed by atoms with E-state index in [0.29, 0.717) is 0 Å². The molecule has 4 nitrogen and oxygen atoms in total. The lowest BCUT2D eigenvalue weighted by molar-refractivity contribution is 0.342. The third kappa shape index (κ3) is 6.61. The van der Waals surface area contributed by atoms with Gasteiger partial charge in [0.05, 0.1) is 0 Å². The van der Waals surface area contributed by atoms with Crippen LogP contribution in [0.4, 0.5) is 0 Å². The number of nitrogens with zero attached hydrogens (tertiary/aromatic N) is 3. The number of likely N-dealkylation sites (tertiary alicyclic amines) is 1. The molecule has 0 amide bonds. The van der Waals surface area contributed by atoms with Gasteiger partial charge in [-0.3, -0.25) is 4.99 Å².